The zero-order valence-corrected chi connectivity index (χ0v) is 24.1. The summed E-state index contributed by atoms with van der Waals surface area (Å²) in [6.45, 7) is 5.55. The predicted octanol–water partition coefficient (Wildman–Crippen LogP) is 4.44. The first-order chi connectivity index (χ1) is 19.8. The zero-order chi connectivity index (χ0) is 28.6. The molecule has 41 heavy (non-hydrogen) atoms. The van der Waals surface area contributed by atoms with E-state index >= 15 is 0 Å². The van der Waals surface area contributed by atoms with Crippen molar-refractivity contribution in [3.8, 4) is 0 Å². The number of hydrogen-bond acceptors (Lipinski definition) is 7. The van der Waals surface area contributed by atoms with Crippen molar-refractivity contribution in [1.29, 1.82) is 0 Å². The number of hydrogen-bond donors (Lipinski definition) is 2. The summed E-state index contributed by atoms with van der Waals surface area (Å²) in [5, 5.41) is 19.3. The Morgan fingerprint density at radius 2 is 1.68 bits per heavy atom. The fourth-order valence-corrected chi connectivity index (χ4v) is 6.04. The highest BCUT2D eigenvalue weighted by molar-refractivity contribution is 5.94. The lowest BCUT2D eigenvalue weighted by Gasteiger charge is -2.39. The van der Waals surface area contributed by atoms with Gasteiger partial charge in [0.2, 0.25) is 5.95 Å². The SMILES string of the molecule is Cc1ccc(C2(O)CCN(c3cccn4nc(Nc5ccc(C(=O)N(C)C6CCN(C)CC6)cc5)nc34)CC2)cc1. The number of amides is 1. The third-order valence-corrected chi connectivity index (χ3v) is 8.81. The molecule has 2 N–H and O–H groups in total. The molecule has 9 nitrogen and oxygen atoms in total. The van der Waals surface area contributed by atoms with Gasteiger partial charge in [-0.2, -0.15) is 4.98 Å². The highest BCUT2D eigenvalue weighted by atomic mass is 16.3. The average molecular weight is 554 g/mol. The fraction of sp³-hybridized carbons (Fsp3) is 0.406. The van der Waals surface area contributed by atoms with E-state index in [0.717, 1.165) is 61.6 Å². The van der Waals surface area contributed by atoms with Crippen LogP contribution in [0.3, 0.4) is 0 Å². The quantitative estimate of drug-likeness (QED) is 0.365. The van der Waals surface area contributed by atoms with E-state index in [1.165, 1.54) is 5.56 Å². The van der Waals surface area contributed by atoms with Crippen LogP contribution in [0.2, 0.25) is 0 Å². The molecule has 214 valence electrons. The molecule has 2 aliphatic rings. The number of likely N-dealkylation sites (tertiary alicyclic amines) is 1. The van der Waals surface area contributed by atoms with Crippen LogP contribution in [0.4, 0.5) is 17.3 Å². The van der Waals surface area contributed by atoms with Crippen LogP contribution >= 0.6 is 0 Å². The van der Waals surface area contributed by atoms with Crippen molar-refractivity contribution in [3.05, 3.63) is 83.6 Å². The Morgan fingerprint density at radius 3 is 2.37 bits per heavy atom. The summed E-state index contributed by atoms with van der Waals surface area (Å²) in [7, 11) is 4.04. The largest absolute Gasteiger partial charge is 0.385 e. The highest BCUT2D eigenvalue weighted by Crippen LogP contribution is 2.35. The Hall–Kier alpha value is -3.95. The summed E-state index contributed by atoms with van der Waals surface area (Å²) >= 11 is 0. The summed E-state index contributed by atoms with van der Waals surface area (Å²) in [6, 6.07) is 20.0. The van der Waals surface area contributed by atoms with Gasteiger partial charge in [0.25, 0.3) is 5.91 Å². The summed E-state index contributed by atoms with van der Waals surface area (Å²) < 4.78 is 1.78. The number of carbonyl (C=O) groups excluding carboxylic acids is 1. The second-order valence-electron chi connectivity index (χ2n) is 11.6. The third kappa shape index (κ3) is 5.64. The van der Waals surface area contributed by atoms with E-state index in [1.807, 2.05) is 60.6 Å². The van der Waals surface area contributed by atoms with Gasteiger partial charge in [0.05, 0.1) is 11.3 Å². The van der Waals surface area contributed by atoms with E-state index in [0.29, 0.717) is 24.4 Å². The Labute approximate surface area is 241 Å². The van der Waals surface area contributed by atoms with E-state index < -0.39 is 5.60 Å². The van der Waals surface area contributed by atoms with Crippen LogP contribution in [0.5, 0.6) is 0 Å². The molecular formula is C32H39N7O2. The van der Waals surface area contributed by atoms with Gasteiger partial charge in [0.1, 0.15) is 0 Å². The van der Waals surface area contributed by atoms with Crippen molar-refractivity contribution in [2.45, 2.75) is 44.2 Å². The minimum absolute atomic E-state index is 0.0532. The molecule has 0 radical (unpaired) electrons. The van der Waals surface area contributed by atoms with Gasteiger partial charge in [0, 0.05) is 43.6 Å². The van der Waals surface area contributed by atoms with Crippen LogP contribution in [0.25, 0.3) is 5.65 Å². The van der Waals surface area contributed by atoms with Gasteiger partial charge in [0.15, 0.2) is 5.65 Å². The second kappa shape index (κ2) is 11.1. The lowest BCUT2D eigenvalue weighted by molar-refractivity contribution is 0.0118. The number of aromatic nitrogens is 3. The number of benzene rings is 2. The Morgan fingerprint density at radius 1 is 1.00 bits per heavy atom. The molecule has 0 atom stereocenters. The minimum atomic E-state index is -0.814. The molecule has 0 spiro atoms. The molecule has 1 amide bonds. The monoisotopic (exact) mass is 553 g/mol. The van der Waals surface area contributed by atoms with Crippen molar-refractivity contribution in [3.63, 3.8) is 0 Å². The van der Waals surface area contributed by atoms with Gasteiger partial charge >= 0.3 is 0 Å². The number of nitrogens with zero attached hydrogens (tertiary/aromatic N) is 6. The van der Waals surface area contributed by atoms with Crippen molar-refractivity contribution >= 4 is 28.9 Å². The number of aryl methyl sites for hydroxylation is 1. The number of fused-ring (bicyclic) bond motifs is 1. The van der Waals surface area contributed by atoms with Crippen LogP contribution < -0.4 is 10.2 Å². The first-order valence-electron chi connectivity index (χ1n) is 14.5. The molecule has 2 aromatic carbocycles. The molecule has 4 aromatic rings. The maximum absolute atomic E-state index is 13.1. The van der Waals surface area contributed by atoms with Crippen LogP contribution in [0, 0.1) is 6.92 Å². The molecular weight excluding hydrogens is 514 g/mol. The van der Waals surface area contributed by atoms with E-state index in [1.54, 1.807) is 4.52 Å². The van der Waals surface area contributed by atoms with Gasteiger partial charge in [-0.15, -0.1) is 5.10 Å². The number of piperidine rings is 2. The maximum Gasteiger partial charge on any atom is 0.253 e. The van der Waals surface area contributed by atoms with Crippen molar-refractivity contribution in [2.24, 2.45) is 0 Å². The lowest BCUT2D eigenvalue weighted by atomic mass is 9.84. The van der Waals surface area contributed by atoms with E-state index in [4.69, 9.17) is 4.98 Å². The molecule has 6 rings (SSSR count). The molecule has 0 unspecified atom stereocenters. The summed E-state index contributed by atoms with van der Waals surface area (Å²) in [4.78, 5) is 24.4. The summed E-state index contributed by atoms with van der Waals surface area (Å²) in [5.74, 6) is 0.547. The first kappa shape index (κ1) is 27.2. The molecule has 2 aliphatic heterocycles. The number of anilines is 3. The molecule has 0 bridgehead atoms. The number of nitrogens with one attached hydrogen (secondary N) is 1. The zero-order valence-electron chi connectivity index (χ0n) is 24.1. The first-order valence-corrected chi connectivity index (χ1v) is 14.5. The average Bonchev–Trinajstić information content (AvgIpc) is 3.41. The maximum atomic E-state index is 13.1. The topological polar surface area (TPSA) is 89.2 Å². The fourth-order valence-electron chi connectivity index (χ4n) is 6.04. The normalized spacial score (nSPS) is 18.0. The Balaban J connectivity index is 1.12. The van der Waals surface area contributed by atoms with Gasteiger partial charge in [-0.1, -0.05) is 29.8 Å². The standard InChI is InChI=1S/C32H39N7O2/c1-23-6-10-25(11-7-23)32(41)16-21-38(22-17-32)28-5-4-18-39-29(28)34-31(35-39)33-26-12-8-24(9-13-26)30(40)37(3)27-14-19-36(2)20-15-27/h4-13,18,27,41H,14-17,19-22H2,1-3H3,(H,33,35). The minimum Gasteiger partial charge on any atom is -0.385 e. The van der Waals surface area contributed by atoms with Gasteiger partial charge in [-0.25, -0.2) is 4.52 Å². The van der Waals surface area contributed by atoms with Gasteiger partial charge < -0.3 is 25.1 Å². The molecule has 2 saturated heterocycles. The number of aliphatic hydroxyl groups is 1. The van der Waals surface area contributed by atoms with E-state index in [9.17, 15) is 9.90 Å². The molecule has 9 heteroatoms. The van der Waals surface area contributed by atoms with Crippen LogP contribution in [-0.2, 0) is 5.60 Å². The van der Waals surface area contributed by atoms with E-state index in [2.05, 4.69) is 52.4 Å². The van der Waals surface area contributed by atoms with Crippen molar-refractivity contribution < 1.29 is 9.90 Å². The molecule has 2 fully saturated rings. The molecule has 2 aromatic heterocycles. The Bertz CT molecular complexity index is 1500. The number of pyridine rings is 1. The number of carbonyl (C=O) groups is 1. The summed E-state index contributed by atoms with van der Waals surface area (Å²) in [5.41, 5.74) is 4.62. The number of rotatable bonds is 6. The van der Waals surface area contributed by atoms with Crippen molar-refractivity contribution in [1.82, 2.24) is 24.4 Å². The van der Waals surface area contributed by atoms with Crippen LogP contribution in [0.15, 0.2) is 66.9 Å². The summed E-state index contributed by atoms with van der Waals surface area (Å²) in [6.07, 6.45) is 5.20. The smallest absolute Gasteiger partial charge is 0.253 e. The predicted molar refractivity (Wildman–Crippen MR) is 162 cm³/mol. The molecule has 4 heterocycles. The molecule has 0 aliphatic carbocycles. The van der Waals surface area contributed by atoms with Gasteiger partial charge in [-0.05, 0) is 94.7 Å². The highest BCUT2D eigenvalue weighted by Gasteiger charge is 2.34. The Kier molecular flexibility index (Phi) is 7.40. The second-order valence-corrected chi connectivity index (χ2v) is 11.6. The van der Waals surface area contributed by atoms with Crippen LogP contribution in [0.1, 0.15) is 47.2 Å². The molecule has 0 saturated carbocycles. The van der Waals surface area contributed by atoms with Crippen LogP contribution in [-0.4, -0.2) is 81.7 Å². The van der Waals surface area contributed by atoms with Gasteiger partial charge in [-0.3, -0.25) is 4.79 Å². The lowest BCUT2D eigenvalue weighted by Crippen LogP contribution is -2.44. The van der Waals surface area contributed by atoms with Crippen molar-refractivity contribution in [2.75, 3.05) is 50.5 Å². The third-order valence-electron chi connectivity index (χ3n) is 8.81. The van der Waals surface area contributed by atoms with E-state index in [-0.39, 0.29) is 11.9 Å².